The van der Waals surface area contributed by atoms with Crippen molar-refractivity contribution in [3.05, 3.63) is 235 Å². The number of allylic oxidation sites excluding steroid dienone is 5. The van der Waals surface area contributed by atoms with Crippen LogP contribution in [-0.4, -0.2) is 32.8 Å². The highest BCUT2D eigenvalue weighted by Crippen LogP contribution is 2.46. The fourth-order valence-corrected chi connectivity index (χ4v) is 9.90. The maximum absolute atomic E-state index is 6.97. The topological polar surface area (TPSA) is 51.0 Å². The smallest absolute Gasteiger partial charge is 0.206 e. The zero-order valence-electron chi connectivity index (χ0n) is 36.1. The highest BCUT2D eigenvalue weighted by atomic mass is 16.3. The van der Waals surface area contributed by atoms with Gasteiger partial charge < -0.3 is 13.9 Å². The summed E-state index contributed by atoms with van der Waals surface area (Å²) in [5.74, 6) is 1.51. The minimum absolute atomic E-state index is 0.511. The summed E-state index contributed by atoms with van der Waals surface area (Å²) in [6.07, 6.45) is 5.98. The second kappa shape index (κ2) is 15.4. The van der Waals surface area contributed by atoms with Gasteiger partial charge in [-0.05, 0) is 77.7 Å². The molecule has 0 aliphatic carbocycles. The van der Waals surface area contributed by atoms with E-state index in [9.17, 15) is 0 Å². The van der Waals surface area contributed by atoms with Gasteiger partial charge in [-0.3, -0.25) is 4.57 Å². The molecule has 8 aromatic carbocycles. The maximum Gasteiger partial charge on any atom is 0.206 e. The Balaban J connectivity index is 1.11. The predicted molar refractivity (Wildman–Crippen MR) is 272 cm³/mol. The van der Waals surface area contributed by atoms with Crippen LogP contribution >= 0.6 is 0 Å². The quantitative estimate of drug-likeness (QED) is 0.143. The molecule has 0 N–H and O–H groups in total. The Hall–Kier alpha value is -8.48. The number of hydrogen-bond acceptors (Lipinski definition) is 4. The molecule has 0 bridgehead atoms. The monoisotopic (exact) mass is 837 g/mol. The van der Waals surface area contributed by atoms with Crippen LogP contribution in [0.15, 0.2) is 227 Å². The average Bonchev–Trinajstić information content (AvgIpc) is 4.03. The molecule has 6 nitrogen and oxygen atoms in total. The van der Waals surface area contributed by atoms with Crippen LogP contribution in [0.5, 0.6) is 0 Å². The van der Waals surface area contributed by atoms with Crippen LogP contribution in [0.25, 0.3) is 82.4 Å². The molecule has 1 aliphatic heterocycles. The number of aliphatic imine (C=N–C) groups is 2. The third-order valence-corrected chi connectivity index (χ3v) is 12.9. The second-order valence-electron chi connectivity index (χ2n) is 16.6. The van der Waals surface area contributed by atoms with Crippen molar-refractivity contribution in [3.63, 3.8) is 0 Å². The van der Waals surface area contributed by atoms with E-state index in [4.69, 9.17) is 14.4 Å². The van der Waals surface area contributed by atoms with Crippen molar-refractivity contribution in [2.45, 2.75) is 13.2 Å². The molecule has 1 unspecified atom stereocenters. The van der Waals surface area contributed by atoms with Gasteiger partial charge in [-0.25, -0.2) is 9.98 Å². The number of aromatic nitrogens is 2. The lowest BCUT2D eigenvalue weighted by Gasteiger charge is -2.33. The molecule has 0 saturated heterocycles. The van der Waals surface area contributed by atoms with Crippen LogP contribution in [-0.2, 0) is 0 Å². The number of fused-ring (bicyclic) bond motifs is 10. The predicted octanol–water partition coefficient (Wildman–Crippen LogP) is 14.8. The van der Waals surface area contributed by atoms with Crippen molar-refractivity contribution in [2.24, 2.45) is 9.98 Å². The molecule has 310 valence electrons. The number of hydrogen-bond donors (Lipinski definition) is 0. The van der Waals surface area contributed by atoms with Crippen molar-refractivity contribution in [1.82, 2.24) is 14.0 Å². The van der Waals surface area contributed by atoms with Crippen LogP contribution in [0.4, 0.5) is 0 Å². The lowest BCUT2D eigenvalue weighted by atomic mass is 9.93. The number of amidine groups is 2. The lowest BCUT2D eigenvalue weighted by Crippen LogP contribution is -2.38. The van der Waals surface area contributed by atoms with Gasteiger partial charge in [0.1, 0.15) is 11.4 Å². The van der Waals surface area contributed by atoms with Crippen molar-refractivity contribution in [2.75, 3.05) is 7.05 Å². The molecule has 3 aromatic heterocycles. The van der Waals surface area contributed by atoms with E-state index in [1.54, 1.807) is 0 Å². The summed E-state index contributed by atoms with van der Waals surface area (Å²) in [5.41, 5.74) is 13.3. The molecule has 65 heavy (non-hydrogen) atoms. The fourth-order valence-electron chi connectivity index (χ4n) is 9.90. The van der Waals surface area contributed by atoms with E-state index in [1.807, 2.05) is 36.4 Å². The van der Waals surface area contributed by atoms with Gasteiger partial charge in [0.2, 0.25) is 6.29 Å². The van der Waals surface area contributed by atoms with Gasteiger partial charge in [0.05, 0.1) is 22.1 Å². The summed E-state index contributed by atoms with van der Waals surface area (Å²) in [6, 6.07) is 66.0. The Bertz CT molecular complexity index is 3810. The molecule has 1 atom stereocenters. The Morgan fingerprint density at radius 3 is 1.97 bits per heavy atom. The van der Waals surface area contributed by atoms with E-state index in [-0.39, 0.29) is 0 Å². The number of rotatable bonds is 8. The van der Waals surface area contributed by atoms with Crippen molar-refractivity contribution in [1.29, 1.82) is 0 Å². The van der Waals surface area contributed by atoms with Gasteiger partial charge in [0, 0.05) is 56.2 Å². The van der Waals surface area contributed by atoms with Crippen LogP contribution in [0.2, 0.25) is 0 Å². The molecule has 1 aliphatic rings. The minimum Gasteiger partial charge on any atom is -0.454 e. The highest BCUT2D eigenvalue weighted by molar-refractivity contribution is 6.25. The van der Waals surface area contributed by atoms with Crippen LogP contribution in [0.3, 0.4) is 0 Å². The number of benzene rings is 8. The van der Waals surface area contributed by atoms with Gasteiger partial charge in [-0.2, -0.15) is 0 Å². The van der Waals surface area contributed by atoms with Crippen LogP contribution in [0.1, 0.15) is 35.5 Å². The molecule has 0 radical (unpaired) electrons. The summed E-state index contributed by atoms with van der Waals surface area (Å²) < 4.78 is 11.7. The summed E-state index contributed by atoms with van der Waals surface area (Å²) in [7, 11) is 2.09. The van der Waals surface area contributed by atoms with Crippen LogP contribution < -0.4 is 0 Å². The average molecular weight is 838 g/mol. The number of nitrogens with zero attached hydrogens (tertiary/aromatic N) is 5. The van der Waals surface area contributed by atoms with Crippen molar-refractivity contribution < 1.29 is 4.42 Å². The SMILES string of the molecule is C=C/C(=C\C(=C/C)c1cc2c3ccccc3oc2c2c1c1ccccc1n2C1N=C(c2ccccc2)N=C(c2ccccc2)N1C)c1ccc2c3ccccc3n(-c3ccccc3)c2c1. The summed E-state index contributed by atoms with van der Waals surface area (Å²) >= 11 is 0. The summed E-state index contributed by atoms with van der Waals surface area (Å²) in [5, 5.41) is 6.73. The van der Waals surface area contributed by atoms with Crippen molar-refractivity contribution in [3.8, 4) is 5.69 Å². The number of para-hydroxylation sites is 4. The first kappa shape index (κ1) is 38.2. The first-order valence-corrected chi connectivity index (χ1v) is 22.1. The molecule has 11 aromatic rings. The first-order chi connectivity index (χ1) is 32.1. The van der Waals surface area contributed by atoms with E-state index in [1.165, 1.54) is 16.3 Å². The molecule has 4 heterocycles. The molecule has 12 rings (SSSR count). The Morgan fingerprint density at radius 2 is 1.23 bits per heavy atom. The second-order valence-corrected chi connectivity index (χ2v) is 16.6. The van der Waals surface area contributed by atoms with Crippen molar-refractivity contribution >= 4 is 88.4 Å². The van der Waals surface area contributed by atoms with E-state index in [2.05, 4.69) is 204 Å². The van der Waals surface area contributed by atoms with Gasteiger partial charge in [-0.15, -0.1) is 0 Å². The Morgan fingerprint density at radius 1 is 0.600 bits per heavy atom. The third kappa shape index (κ3) is 6.10. The van der Waals surface area contributed by atoms with E-state index < -0.39 is 6.29 Å². The number of furan rings is 1. The largest absolute Gasteiger partial charge is 0.454 e. The molecule has 0 saturated carbocycles. The van der Waals surface area contributed by atoms with Gasteiger partial charge >= 0.3 is 0 Å². The van der Waals surface area contributed by atoms with Crippen LogP contribution in [0, 0.1) is 0 Å². The molecule has 0 spiro atoms. The third-order valence-electron chi connectivity index (χ3n) is 12.9. The highest BCUT2D eigenvalue weighted by Gasteiger charge is 2.32. The molecular formula is C59H43N5O. The first-order valence-electron chi connectivity index (χ1n) is 22.1. The molecule has 6 heteroatoms. The normalized spacial score (nSPS) is 14.9. The molecule has 0 amide bonds. The van der Waals surface area contributed by atoms with E-state index in [0.717, 1.165) is 94.2 Å². The lowest BCUT2D eigenvalue weighted by molar-refractivity contribution is 0.297. The molecule has 0 fully saturated rings. The molecular weight excluding hydrogens is 795 g/mol. The van der Waals surface area contributed by atoms with Gasteiger partial charge in [0.15, 0.2) is 11.4 Å². The van der Waals surface area contributed by atoms with E-state index in [0.29, 0.717) is 5.84 Å². The zero-order valence-corrected chi connectivity index (χ0v) is 36.1. The maximum atomic E-state index is 6.97. The Labute approximate surface area is 376 Å². The van der Waals surface area contributed by atoms with E-state index >= 15 is 0 Å². The Kier molecular flexibility index (Phi) is 9.05. The summed E-state index contributed by atoms with van der Waals surface area (Å²) in [6.45, 7) is 6.53. The van der Waals surface area contributed by atoms with Gasteiger partial charge in [-0.1, -0.05) is 164 Å². The minimum atomic E-state index is -0.511. The fraction of sp³-hybridized carbons (Fsp3) is 0.0508. The van der Waals surface area contributed by atoms with Gasteiger partial charge in [0.25, 0.3) is 0 Å². The standard InChI is InChI=1S/C59H43N5O/c1-4-38(42-33-34-45-44-27-15-18-30-50(44)63(52(45)36-42)43-25-13-8-14-26-43)35-39(5-2)48-37-49-46-28-17-20-32-53(46)65-56(49)55-54(48)47-29-16-19-31-51(47)64(55)59-61-57(40-21-9-6-10-22-40)60-58(62(59)3)41-23-11-7-12-24-41/h4-37,59H,1H2,2-3H3/b38-35+,39-5+. The zero-order chi connectivity index (χ0) is 43.6. The summed E-state index contributed by atoms with van der Waals surface area (Å²) in [4.78, 5) is 12.9.